The van der Waals surface area contributed by atoms with E-state index in [-0.39, 0.29) is 18.1 Å². The Hall–Kier alpha value is -1.67. The van der Waals surface area contributed by atoms with Crippen molar-refractivity contribution in [2.24, 2.45) is 5.84 Å². The second-order valence-corrected chi connectivity index (χ2v) is 3.90. The number of nitrogens with zero attached hydrogens (tertiary/aromatic N) is 3. The number of anilines is 2. The van der Waals surface area contributed by atoms with Crippen molar-refractivity contribution >= 4 is 11.9 Å². The molecule has 19 heavy (non-hydrogen) atoms. The first kappa shape index (κ1) is 15.4. The van der Waals surface area contributed by atoms with E-state index in [1.54, 1.807) is 0 Å². The minimum absolute atomic E-state index is 0.0658. The first-order valence-electron chi connectivity index (χ1n) is 6.40. The summed E-state index contributed by atoms with van der Waals surface area (Å²) in [7, 11) is 0. The van der Waals surface area contributed by atoms with Gasteiger partial charge in [0.15, 0.2) is 0 Å². The molecule has 0 amide bonds. The molecule has 1 aromatic heterocycles. The van der Waals surface area contributed by atoms with Crippen LogP contribution in [0.1, 0.15) is 27.2 Å². The lowest BCUT2D eigenvalue weighted by Crippen LogP contribution is -2.22. The van der Waals surface area contributed by atoms with Crippen molar-refractivity contribution in [2.45, 2.75) is 33.3 Å². The molecule has 0 saturated heterocycles. The molecule has 0 saturated carbocycles. The SMILES string of the molecule is CCCOc1nc(NN)nc(NCC(C)OCC)n1. The van der Waals surface area contributed by atoms with Crippen LogP contribution in [0.4, 0.5) is 11.9 Å². The smallest absolute Gasteiger partial charge is 0.323 e. The Labute approximate surface area is 113 Å². The summed E-state index contributed by atoms with van der Waals surface area (Å²) in [6, 6.07) is 0.247. The largest absolute Gasteiger partial charge is 0.463 e. The fourth-order valence-corrected chi connectivity index (χ4v) is 1.34. The van der Waals surface area contributed by atoms with Crippen molar-refractivity contribution in [1.29, 1.82) is 0 Å². The number of nitrogen functional groups attached to an aromatic ring is 1. The maximum absolute atomic E-state index is 5.41. The zero-order chi connectivity index (χ0) is 14.1. The second kappa shape index (κ2) is 8.44. The van der Waals surface area contributed by atoms with Crippen LogP contribution < -0.4 is 21.3 Å². The molecule has 1 atom stereocenters. The number of hydrogen-bond acceptors (Lipinski definition) is 8. The third-order valence-corrected chi connectivity index (χ3v) is 2.18. The molecule has 108 valence electrons. The third kappa shape index (κ3) is 5.66. The van der Waals surface area contributed by atoms with Gasteiger partial charge in [-0.15, -0.1) is 0 Å². The second-order valence-electron chi connectivity index (χ2n) is 3.90. The van der Waals surface area contributed by atoms with E-state index in [0.717, 1.165) is 6.42 Å². The Morgan fingerprint density at radius 3 is 2.58 bits per heavy atom. The normalized spacial score (nSPS) is 12.0. The zero-order valence-electron chi connectivity index (χ0n) is 11.6. The lowest BCUT2D eigenvalue weighted by Gasteiger charge is -2.13. The van der Waals surface area contributed by atoms with Gasteiger partial charge < -0.3 is 14.8 Å². The highest BCUT2D eigenvalue weighted by atomic mass is 16.5. The van der Waals surface area contributed by atoms with Crippen LogP contribution in [0.3, 0.4) is 0 Å². The summed E-state index contributed by atoms with van der Waals surface area (Å²) in [6.45, 7) is 7.73. The highest BCUT2D eigenvalue weighted by Crippen LogP contribution is 2.10. The summed E-state index contributed by atoms with van der Waals surface area (Å²) < 4.78 is 10.8. The standard InChI is InChI=1S/C11H22N6O2/c1-4-6-19-11-15-9(14-10(16-11)17-12)13-7-8(3)18-5-2/h8H,4-7,12H2,1-3H3,(H2,13,14,15,16,17). The summed E-state index contributed by atoms with van der Waals surface area (Å²) in [5.41, 5.74) is 2.38. The summed E-state index contributed by atoms with van der Waals surface area (Å²) >= 11 is 0. The Morgan fingerprint density at radius 1 is 1.21 bits per heavy atom. The fraction of sp³-hybridized carbons (Fsp3) is 0.727. The Kier molecular flexibility index (Phi) is 6.83. The van der Waals surface area contributed by atoms with E-state index in [1.807, 2.05) is 20.8 Å². The average molecular weight is 270 g/mol. The van der Waals surface area contributed by atoms with Gasteiger partial charge in [0.1, 0.15) is 0 Å². The van der Waals surface area contributed by atoms with Crippen LogP contribution in [0.25, 0.3) is 0 Å². The van der Waals surface area contributed by atoms with Gasteiger partial charge in [0.2, 0.25) is 11.9 Å². The molecule has 1 unspecified atom stereocenters. The van der Waals surface area contributed by atoms with Gasteiger partial charge in [-0.3, -0.25) is 5.43 Å². The van der Waals surface area contributed by atoms with Gasteiger partial charge in [-0.25, -0.2) is 5.84 Å². The van der Waals surface area contributed by atoms with Crippen molar-refractivity contribution in [3.05, 3.63) is 0 Å². The molecule has 0 aromatic carbocycles. The van der Waals surface area contributed by atoms with Crippen molar-refractivity contribution in [3.8, 4) is 6.01 Å². The fourth-order valence-electron chi connectivity index (χ4n) is 1.34. The maximum Gasteiger partial charge on any atom is 0.323 e. The summed E-state index contributed by atoms with van der Waals surface area (Å²) in [5, 5.41) is 3.06. The lowest BCUT2D eigenvalue weighted by molar-refractivity contribution is 0.0854. The highest BCUT2D eigenvalue weighted by Gasteiger charge is 2.08. The van der Waals surface area contributed by atoms with Gasteiger partial charge >= 0.3 is 6.01 Å². The number of hydrogen-bond donors (Lipinski definition) is 3. The molecule has 0 spiro atoms. The van der Waals surface area contributed by atoms with E-state index in [4.69, 9.17) is 15.3 Å². The predicted molar refractivity (Wildman–Crippen MR) is 73.0 cm³/mol. The summed E-state index contributed by atoms with van der Waals surface area (Å²) in [5.74, 6) is 5.97. The van der Waals surface area contributed by atoms with Gasteiger partial charge in [-0.2, -0.15) is 15.0 Å². The maximum atomic E-state index is 5.41. The molecule has 1 rings (SSSR count). The molecule has 0 aliphatic heterocycles. The van der Waals surface area contributed by atoms with Gasteiger partial charge in [-0.1, -0.05) is 6.92 Å². The van der Waals surface area contributed by atoms with Crippen LogP contribution in [-0.2, 0) is 4.74 Å². The molecule has 0 bridgehead atoms. The van der Waals surface area contributed by atoms with Crippen LogP contribution in [0.5, 0.6) is 6.01 Å². The molecule has 8 heteroatoms. The Bertz CT molecular complexity index is 376. The van der Waals surface area contributed by atoms with Crippen molar-refractivity contribution in [1.82, 2.24) is 15.0 Å². The topological polar surface area (TPSA) is 107 Å². The number of rotatable bonds is 9. The molecule has 0 aliphatic rings. The van der Waals surface area contributed by atoms with Gasteiger partial charge in [-0.05, 0) is 20.3 Å². The summed E-state index contributed by atoms with van der Waals surface area (Å²) in [4.78, 5) is 12.2. The highest BCUT2D eigenvalue weighted by molar-refractivity contribution is 5.34. The first-order chi connectivity index (χ1) is 9.19. The molecule has 1 heterocycles. The van der Waals surface area contributed by atoms with Crippen LogP contribution in [-0.4, -0.2) is 40.8 Å². The minimum Gasteiger partial charge on any atom is -0.463 e. The molecule has 0 radical (unpaired) electrons. The molecule has 4 N–H and O–H groups in total. The van der Waals surface area contributed by atoms with E-state index < -0.39 is 0 Å². The van der Waals surface area contributed by atoms with Gasteiger partial charge in [0.05, 0.1) is 12.7 Å². The van der Waals surface area contributed by atoms with Crippen molar-refractivity contribution in [2.75, 3.05) is 30.5 Å². The third-order valence-electron chi connectivity index (χ3n) is 2.18. The summed E-state index contributed by atoms with van der Waals surface area (Å²) in [6.07, 6.45) is 0.942. The number of nitrogens with one attached hydrogen (secondary N) is 2. The minimum atomic E-state index is 0.0658. The van der Waals surface area contributed by atoms with Crippen molar-refractivity contribution < 1.29 is 9.47 Å². The van der Waals surface area contributed by atoms with E-state index in [9.17, 15) is 0 Å². The monoisotopic (exact) mass is 270 g/mol. The number of ether oxygens (including phenoxy) is 2. The predicted octanol–water partition coefficient (Wildman–Crippen LogP) is 0.783. The van der Waals surface area contributed by atoms with Gasteiger partial charge in [0.25, 0.3) is 0 Å². The molecular formula is C11H22N6O2. The first-order valence-corrected chi connectivity index (χ1v) is 6.40. The van der Waals surface area contributed by atoms with Crippen LogP contribution in [0.2, 0.25) is 0 Å². The molecule has 1 aromatic rings. The zero-order valence-corrected chi connectivity index (χ0v) is 11.6. The molecule has 0 aliphatic carbocycles. The Morgan fingerprint density at radius 2 is 1.95 bits per heavy atom. The van der Waals surface area contributed by atoms with E-state index >= 15 is 0 Å². The molecular weight excluding hydrogens is 248 g/mol. The van der Waals surface area contributed by atoms with Crippen molar-refractivity contribution in [3.63, 3.8) is 0 Å². The average Bonchev–Trinajstić information content (AvgIpc) is 2.43. The van der Waals surface area contributed by atoms with Gasteiger partial charge in [0, 0.05) is 13.2 Å². The van der Waals surface area contributed by atoms with Crippen LogP contribution in [0.15, 0.2) is 0 Å². The quantitative estimate of drug-likeness (QED) is 0.446. The molecule has 8 nitrogen and oxygen atoms in total. The van der Waals surface area contributed by atoms with E-state index in [2.05, 4.69) is 25.7 Å². The number of nitrogens with two attached hydrogens (primary N) is 1. The lowest BCUT2D eigenvalue weighted by atomic mass is 10.4. The number of aromatic nitrogens is 3. The van der Waals surface area contributed by atoms with E-state index in [0.29, 0.717) is 25.7 Å². The molecule has 0 fully saturated rings. The Balaban J connectivity index is 2.65. The van der Waals surface area contributed by atoms with E-state index in [1.165, 1.54) is 0 Å². The number of hydrazine groups is 1. The van der Waals surface area contributed by atoms with Crippen LogP contribution >= 0.6 is 0 Å². The van der Waals surface area contributed by atoms with Crippen LogP contribution in [0, 0.1) is 0 Å².